The molecule has 0 aromatic heterocycles. The number of hydrogen-bond donors (Lipinski definition) is 0. The van der Waals surface area contributed by atoms with Crippen LogP contribution in [0.3, 0.4) is 0 Å². The third-order valence-electron chi connectivity index (χ3n) is 5.91. The molecule has 0 N–H and O–H groups in total. The van der Waals surface area contributed by atoms with Gasteiger partial charge in [-0.25, -0.2) is 16.8 Å². The molecule has 246 valence electrons. The van der Waals surface area contributed by atoms with Crippen LogP contribution in [0.25, 0.3) is 0 Å². The van der Waals surface area contributed by atoms with Crippen molar-refractivity contribution in [1.29, 1.82) is 0 Å². The Kier molecular flexibility index (Phi) is 17.8. The number of rotatable bonds is 14. The van der Waals surface area contributed by atoms with E-state index in [0.29, 0.717) is 0 Å². The van der Waals surface area contributed by atoms with Crippen molar-refractivity contribution in [2.24, 2.45) is 0 Å². The van der Waals surface area contributed by atoms with Crippen LogP contribution in [0.1, 0.15) is 11.1 Å². The van der Waals surface area contributed by atoms with Gasteiger partial charge in [0.1, 0.15) is 26.4 Å². The van der Waals surface area contributed by atoms with E-state index >= 15 is 0 Å². The van der Waals surface area contributed by atoms with E-state index in [9.17, 15) is 16.8 Å². The molecule has 0 saturated carbocycles. The second kappa shape index (κ2) is 21.7. The Bertz CT molecular complexity index is 1850. The largest absolute Gasteiger partial charge is 0.356 e. The Morgan fingerprint density at radius 1 is 0.542 bits per heavy atom. The average Bonchev–Trinajstić information content (AvgIpc) is 3.06. The van der Waals surface area contributed by atoms with Crippen molar-refractivity contribution in [3.8, 4) is 71.0 Å². The summed E-state index contributed by atoms with van der Waals surface area (Å²) in [7, 11) is -7.39. The second-order valence-electron chi connectivity index (χ2n) is 9.59. The van der Waals surface area contributed by atoms with E-state index in [1.165, 1.54) is 20.8 Å². The van der Waals surface area contributed by atoms with Gasteiger partial charge >= 0.3 is 0 Å². The van der Waals surface area contributed by atoms with Gasteiger partial charge in [-0.2, -0.15) is 8.61 Å². The van der Waals surface area contributed by atoms with Gasteiger partial charge in [0.15, 0.2) is 0 Å². The maximum atomic E-state index is 12.8. The summed E-state index contributed by atoms with van der Waals surface area (Å²) in [5.74, 6) is 32.2. The zero-order valence-corrected chi connectivity index (χ0v) is 28.6. The first-order valence-corrected chi connectivity index (χ1v) is 17.4. The highest BCUT2D eigenvalue weighted by Gasteiger charge is 2.23. The van der Waals surface area contributed by atoms with E-state index in [-0.39, 0.29) is 62.4 Å². The molecule has 0 saturated heterocycles. The third-order valence-corrected chi connectivity index (χ3v) is 9.56. The molecule has 10 heteroatoms. The molecule has 0 amide bonds. The second-order valence-corrected chi connectivity index (χ2v) is 13.5. The van der Waals surface area contributed by atoms with Gasteiger partial charge in [-0.15, -0.1) is 13.2 Å². The van der Waals surface area contributed by atoms with Crippen LogP contribution >= 0.6 is 0 Å². The molecule has 0 aliphatic heterocycles. The van der Waals surface area contributed by atoms with Gasteiger partial charge in [-0.3, -0.25) is 0 Å². The van der Waals surface area contributed by atoms with Crippen LogP contribution in [0.15, 0.2) is 83.6 Å². The maximum absolute atomic E-state index is 12.8. The first-order chi connectivity index (χ1) is 23.1. The molecule has 0 aliphatic carbocycles. The number of benzene rings is 2. The van der Waals surface area contributed by atoms with Crippen molar-refractivity contribution in [3.63, 3.8) is 0 Å². The van der Waals surface area contributed by atoms with Crippen molar-refractivity contribution in [2.45, 2.75) is 23.6 Å². The SMILES string of the molecule is C=CCN(CC#CC#CCOCC#CC#CCOCC#CC#CCN(CC=C)S(=O)(=O)c1ccc(C)cc1)S(=O)(=O)c1ccc(C)cc1. The van der Waals surface area contributed by atoms with Gasteiger partial charge in [0.05, 0.1) is 22.9 Å². The van der Waals surface area contributed by atoms with Crippen molar-refractivity contribution in [3.05, 3.63) is 85.0 Å². The summed E-state index contributed by atoms with van der Waals surface area (Å²) in [4.78, 5) is 0.392. The molecule has 0 fully saturated rings. The summed E-state index contributed by atoms with van der Waals surface area (Å²) in [6, 6.07) is 13.2. The maximum Gasteiger partial charge on any atom is 0.244 e. The molecule has 2 rings (SSSR count). The lowest BCUT2D eigenvalue weighted by atomic mass is 10.2. The van der Waals surface area contributed by atoms with Gasteiger partial charge < -0.3 is 9.47 Å². The standard InChI is InChI=1S/C38H36N2O6S2/c1-5-27-39(47(41,42)37-23-19-35(3)20-24-37)29-13-7-9-15-31-45-33-17-11-12-18-34-46-32-16-10-8-14-30-40(28-6-2)48(43,44)38-25-21-36(4)22-26-38/h5-6,19-26H,1-2,27-34H2,3-4H3. The van der Waals surface area contributed by atoms with Crippen molar-refractivity contribution >= 4 is 20.0 Å². The first-order valence-electron chi connectivity index (χ1n) is 14.5. The van der Waals surface area contributed by atoms with Crippen LogP contribution in [0.4, 0.5) is 0 Å². The van der Waals surface area contributed by atoms with E-state index < -0.39 is 20.0 Å². The number of ether oxygens (including phenoxy) is 2. The third kappa shape index (κ3) is 14.2. The molecule has 0 radical (unpaired) electrons. The van der Waals surface area contributed by atoms with Gasteiger partial charge in [0, 0.05) is 13.1 Å². The molecule has 0 bridgehead atoms. The lowest BCUT2D eigenvalue weighted by Gasteiger charge is -2.18. The van der Waals surface area contributed by atoms with Gasteiger partial charge in [0.25, 0.3) is 0 Å². The molecule has 0 aliphatic rings. The fraction of sp³-hybridized carbons (Fsp3) is 0.263. The fourth-order valence-corrected chi connectivity index (χ4v) is 6.10. The molecule has 2 aromatic rings. The Morgan fingerprint density at radius 2 is 0.833 bits per heavy atom. The average molecular weight is 681 g/mol. The lowest BCUT2D eigenvalue weighted by Crippen LogP contribution is -2.31. The van der Waals surface area contributed by atoms with Crippen molar-refractivity contribution in [2.75, 3.05) is 52.6 Å². The Labute approximate surface area is 286 Å². The van der Waals surface area contributed by atoms with Crippen molar-refractivity contribution in [1.82, 2.24) is 8.61 Å². The van der Waals surface area contributed by atoms with Crippen LogP contribution < -0.4 is 0 Å². The predicted octanol–water partition coefficient (Wildman–Crippen LogP) is 3.41. The van der Waals surface area contributed by atoms with Gasteiger partial charge in [-0.05, 0) is 73.6 Å². The van der Waals surface area contributed by atoms with E-state index in [0.717, 1.165) is 11.1 Å². The van der Waals surface area contributed by atoms with Crippen molar-refractivity contribution < 1.29 is 26.3 Å². The van der Waals surface area contributed by atoms with Gasteiger partial charge in [-0.1, -0.05) is 83.1 Å². The summed E-state index contributed by atoms with van der Waals surface area (Å²) in [6.07, 6.45) is 3.01. The van der Waals surface area contributed by atoms with Crippen LogP contribution in [-0.4, -0.2) is 78.1 Å². The summed E-state index contributed by atoms with van der Waals surface area (Å²) >= 11 is 0. The van der Waals surface area contributed by atoms with Crippen LogP contribution in [0.5, 0.6) is 0 Å². The van der Waals surface area contributed by atoms with Crippen LogP contribution in [0, 0.1) is 84.9 Å². The Balaban J connectivity index is 1.67. The van der Waals surface area contributed by atoms with E-state index in [4.69, 9.17) is 9.47 Å². The van der Waals surface area contributed by atoms with E-state index in [1.54, 1.807) is 48.5 Å². The molecular formula is C38H36N2O6S2. The normalized spacial score (nSPS) is 10.2. The molecule has 2 aromatic carbocycles. The lowest BCUT2D eigenvalue weighted by molar-refractivity contribution is 0.204. The Morgan fingerprint density at radius 3 is 1.12 bits per heavy atom. The minimum atomic E-state index is -3.70. The monoisotopic (exact) mass is 680 g/mol. The van der Waals surface area contributed by atoms with E-state index in [2.05, 4.69) is 84.2 Å². The highest BCUT2D eigenvalue weighted by Crippen LogP contribution is 2.17. The van der Waals surface area contributed by atoms with Gasteiger partial charge in [0.2, 0.25) is 20.0 Å². The molecular weight excluding hydrogens is 645 g/mol. The topological polar surface area (TPSA) is 93.2 Å². The predicted molar refractivity (Wildman–Crippen MR) is 189 cm³/mol. The summed E-state index contributed by atoms with van der Waals surface area (Å²) in [6.45, 7) is 11.7. The number of aryl methyl sites for hydroxylation is 2. The molecule has 0 heterocycles. The molecule has 0 atom stereocenters. The molecule has 48 heavy (non-hydrogen) atoms. The quantitative estimate of drug-likeness (QED) is 0.173. The summed E-state index contributed by atoms with van der Waals surface area (Å²) in [5, 5.41) is 0. The molecule has 0 unspecified atom stereocenters. The van der Waals surface area contributed by atoms with Crippen LogP contribution in [0.2, 0.25) is 0 Å². The summed E-state index contributed by atoms with van der Waals surface area (Å²) in [5.41, 5.74) is 1.93. The first kappa shape index (κ1) is 39.2. The highest BCUT2D eigenvalue weighted by molar-refractivity contribution is 7.89. The highest BCUT2D eigenvalue weighted by atomic mass is 32.2. The molecule has 0 spiro atoms. The van der Waals surface area contributed by atoms with Crippen LogP contribution in [-0.2, 0) is 29.5 Å². The number of nitrogens with zero attached hydrogens (tertiary/aromatic N) is 2. The fourth-order valence-electron chi connectivity index (χ4n) is 3.47. The molecule has 8 nitrogen and oxygen atoms in total. The minimum Gasteiger partial charge on any atom is -0.356 e. The number of sulfonamides is 2. The Hall–Kier alpha value is -4.98. The zero-order chi connectivity index (χ0) is 35.1. The van der Waals surface area contributed by atoms with E-state index in [1.807, 2.05) is 13.8 Å². The minimum absolute atomic E-state index is 0.0226. The summed E-state index contributed by atoms with van der Waals surface area (Å²) < 4.78 is 64.4. The smallest absolute Gasteiger partial charge is 0.244 e. The number of hydrogen-bond acceptors (Lipinski definition) is 6. The zero-order valence-electron chi connectivity index (χ0n) is 27.0.